The van der Waals surface area contributed by atoms with Crippen molar-refractivity contribution in [2.24, 2.45) is 0 Å². The molecule has 0 radical (unpaired) electrons. The number of amides is 1. The number of anilines is 2. The molecule has 112 valence electrons. The van der Waals surface area contributed by atoms with Crippen molar-refractivity contribution in [3.05, 3.63) is 39.8 Å². The fourth-order valence-corrected chi connectivity index (χ4v) is 2.91. The highest BCUT2D eigenvalue weighted by Crippen LogP contribution is 2.23. The minimum Gasteiger partial charge on any atom is -0.397 e. The maximum Gasteiger partial charge on any atom is 0.254 e. The summed E-state index contributed by atoms with van der Waals surface area (Å²) in [6.45, 7) is 2.51. The number of nitrogens with two attached hydrogens (primary N) is 1. The molecule has 1 aromatic carbocycles. The number of aromatic nitrogens is 1. The molecule has 0 atom stereocenters. The standard InChI is InChI=1S/C15H20N4OS/c1-10-14(21-9-17-10)8-19(4)15(20)11-5-6-13(18(2)3)12(16)7-11/h5-7,9H,8,16H2,1-4H3. The van der Waals surface area contributed by atoms with Gasteiger partial charge in [0, 0.05) is 31.6 Å². The largest absolute Gasteiger partial charge is 0.397 e. The second-order valence-electron chi connectivity index (χ2n) is 5.19. The topological polar surface area (TPSA) is 62.5 Å². The van der Waals surface area contributed by atoms with Crippen LogP contribution in [-0.2, 0) is 6.54 Å². The average molecular weight is 304 g/mol. The summed E-state index contributed by atoms with van der Waals surface area (Å²) in [5.41, 5.74) is 10.9. The van der Waals surface area contributed by atoms with E-state index in [4.69, 9.17) is 5.73 Å². The summed E-state index contributed by atoms with van der Waals surface area (Å²) >= 11 is 1.56. The Morgan fingerprint density at radius 1 is 1.33 bits per heavy atom. The molecule has 0 bridgehead atoms. The average Bonchev–Trinajstić information content (AvgIpc) is 2.82. The van der Waals surface area contributed by atoms with Crippen molar-refractivity contribution < 1.29 is 4.79 Å². The van der Waals surface area contributed by atoms with E-state index in [0.29, 0.717) is 17.8 Å². The number of benzene rings is 1. The van der Waals surface area contributed by atoms with Crippen LogP contribution in [0.5, 0.6) is 0 Å². The monoisotopic (exact) mass is 304 g/mol. The van der Waals surface area contributed by atoms with Gasteiger partial charge in [0.05, 0.1) is 29.1 Å². The maximum atomic E-state index is 12.5. The lowest BCUT2D eigenvalue weighted by atomic mass is 10.1. The third-order valence-corrected chi connectivity index (χ3v) is 4.25. The summed E-state index contributed by atoms with van der Waals surface area (Å²) in [6.07, 6.45) is 0. The number of hydrogen-bond acceptors (Lipinski definition) is 5. The van der Waals surface area contributed by atoms with E-state index in [9.17, 15) is 4.79 Å². The summed E-state index contributed by atoms with van der Waals surface area (Å²) in [5, 5.41) is 0. The molecule has 0 saturated carbocycles. The summed E-state index contributed by atoms with van der Waals surface area (Å²) in [6, 6.07) is 5.41. The fraction of sp³-hybridized carbons (Fsp3) is 0.333. The second kappa shape index (κ2) is 6.13. The van der Waals surface area contributed by atoms with E-state index in [1.54, 1.807) is 34.9 Å². The van der Waals surface area contributed by atoms with Crippen LogP contribution in [0.15, 0.2) is 23.7 Å². The predicted molar refractivity (Wildman–Crippen MR) is 87.8 cm³/mol. The fourth-order valence-electron chi connectivity index (χ4n) is 2.08. The first-order chi connectivity index (χ1) is 9.90. The highest BCUT2D eigenvalue weighted by Gasteiger charge is 2.15. The zero-order valence-corrected chi connectivity index (χ0v) is 13.6. The van der Waals surface area contributed by atoms with Gasteiger partial charge >= 0.3 is 0 Å². The molecule has 0 spiro atoms. The van der Waals surface area contributed by atoms with Gasteiger partial charge in [-0.1, -0.05) is 0 Å². The Balaban J connectivity index is 2.16. The van der Waals surface area contributed by atoms with Crippen molar-refractivity contribution in [2.75, 3.05) is 31.8 Å². The number of aryl methyl sites for hydroxylation is 1. The minimum absolute atomic E-state index is 0.0418. The molecule has 2 aromatic rings. The molecule has 0 aliphatic rings. The van der Waals surface area contributed by atoms with Gasteiger partial charge in [0.15, 0.2) is 0 Å². The van der Waals surface area contributed by atoms with Crippen molar-refractivity contribution in [1.82, 2.24) is 9.88 Å². The second-order valence-corrected chi connectivity index (χ2v) is 6.13. The molecule has 0 aliphatic heterocycles. The van der Waals surface area contributed by atoms with E-state index >= 15 is 0 Å². The van der Waals surface area contributed by atoms with Crippen molar-refractivity contribution >= 4 is 28.6 Å². The van der Waals surface area contributed by atoms with Gasteiger partial charge in [0.25, 0.3) is 5.91 Å². The quantitative estimate of drug-likeness (QED) is 0.881. The van der Waals surface area contributed by atoms with E-state index in [1.165, 1.54) is 0 Å². The molecule has 5 nitrogen and oxygen atoms in total. The van der Waals surface area contributed by atoms with Crippen molar-refractivity contribution in [3.8, 4) is 0 Å². The van der Waals surface area contributed by atoms with Crippen LogP contribution in [0.25, 0.3) is 0 Å². The number of rotatable bonds is 4. The third kappa shape index (κ3) is 3.33. The lowest BCUT2D eigenvalue weighted by molar-refractivity contribution is 0.0786. The Kier molecular flexibility index (Phi) is 4.47. The van der Waals surface area contributed by atoms with Crippen molar-refractivity contribution in [1.29, 1.82) is 0 Å². The SMILES string of the molecule is Cc1ncsc1CN(C)C(=O)c1ccc(N(C)C)c(N)c1. The Bertz CT molecular complexity index is 651. The van der Waals surface area contributed by atoms with E-state index in [-0.39, 0.29) is 5.91 Å². The maximum absolute atomic E-state index is 12.5. The van der Waals surface area contributed by atoms with E-state index in [1.807, 2.05) is 38.1 Å². The normalized spacial score (nSPS) is 10.5. The van der Waals surface area contributed by atoms with Crippen LogP contribution in [0, 0.1) is 6.92 Å². The zero-order valence-electron chi connectivity index (χ0n) is 12.8. The Labute approximate surface area is 129 Å². The molecule has 2 rings (SSSR count). The Morgan fingerprint density at radius 2 is 2.05 bits per heavy atom. The van der Waals surface area contributed by atoms with E-state index in [0.717, 1.165) is 16.3 Å². The molecule has 1 amide bonds. The van der Waals surface area contributed by atoms with Crippen LogP contribution in [0.4, 0.5) is 11.4 Å². The third-order valence-electron chi connectivity index (χ3n) is 3.33. The predicted octanol–water partition coefficient (Wildman–Crippen LogP) is 2.37. The van der Waals surface area contributed by atoms with Crippen LogP contribution in [-0.4, -0.2) is 36.9 Å². The molecular formula is C15H20N4OS. The highest BCUT2D eigenvalue weighted by molar-refractivity contribution is 7.09. The van der Waals surface area contributed by atoms with Crippen LogP contribution >= 0.6 is 11.3 Å². The first kappa shape index (κ1) is 15.3. The van der Waals surface area contributed by atoms with Gasteiger partial charge in [-0.2, -0.15) is 0 Å². The number of thiazole rings is 1. The van der Waals surface area contributed by atoms with E-state index < -0.39 is 0 Å². The van der Waals surface area contributed by atoms with Gasteiger partial charge in [-0.25, -0.2) is 4.98 Å². The highest BCUT2D eigenvalue weighted by atomic mass is 32.1. The van der Waals surface area contributed by atoms with Crippen LogP contribution < -0.4 is 10.6 Å². The molecule has 0 aliphatic carbocycles. The van der Waals surface area contributed by atoms with Gasteiger partial charge in [-0.05, 0) is 25.1 Å². The van der Waals surface area contributed by atoms with E-state index in [2.05, 4.69) is 4.98 Å². The van der Waals surface area contributed by atoms with Gasteiger partial charge in [0.1, 0.15) is 0 Å². The molecule has 2 N–H and O–H groups in total. The Hall–Kier alpha value is -2.08. The first-order valence-electron chi connectivity index (χ1n) is 6.61. The molecule has 1 heterocycles. The number of hydrogen-bond donors (Lipinski definition) is 1. The number of carbonyl (C=O) groups excluding carboxylic acids is 1. The molecular weight excluding hydrogens is 284 g/mol. The smallest absolute Gasteiger partial charge is 0.254 e. The molecule has 6 heteroatoms. The molecule has 0 unspecified atom stereocenters. The summed E-state index contributed by atoms with van der Waals surface area (Å²) in [5.74, 6) is -0.0418. The zero-order chi connectivity index (χ0) is 15.6. The minimum atomic E-state index is -0.0418. The number of nitrogens with zero attached hydrogens (tertiary/aromatic N) is 3. The molecule has 0 fully saturated rings. The molecule has 1 aromatic heterocycles. The summed E-state index contributed by atoms with van der Waals surface area (Å²) in [4.78, 5) is 21.4. The van der Waals surface area contributed by atoms with Crippen molar-refractivity contribution in [2.45, 2.75) is 13.5 Å². The van der Waals surface area contributed by atoms with Crippen LogP contribution in [0.3, 0.4) is 0 Å². The number of carbonyl (C=O) groups is 1. The summed E-state index contributed by atoms with van der Waals surface area (Å²) < 4.78 is 0. The summed E-state index contributed by atoms with van der Waals surface area (Å²) in [7, 11) is 5.63. The Morgan fingerprint density at radius 3 is 2.57 bits per heavy atom. The molecule has 21 heavy (non-hydrogen) atoms. The number of nitrogen functional groups attached to an aromatic ring is 1. The van der Waals surface area contributed by atoms with Crippen LogP contribution in [0.2, 0.25) is 0 Å². The van der Waals surface area contributed by atoms with Gasteiger partial charge in [-0.15, -0.1) is 11.3 Å². The van der Waals surface area contributed by atoms with Gasteiger partial charge < -0.3 is 15.5 Å². The lowest BCUT2D eigenvalue weighted by Crippen LogP contribution is -2.26. The van der Waals surface area contributed by atoms with Gasteiger partial charge in [-0.3, -0.25) is 4.79 Å². The lowest BCUT2D eigenvalue weighted by Gasteiger charge is -2.19. The molecule has 0 saturated heterocycles. The van der Waals surface area contributed by atoms with Gasteiger partial charge in [0.2, 0.25) is 0 Å². The van der Waals surface area contributed by atoms with Crippen molar-refractivity contribution in [3.63, 3.8) is 0 Å². The first-order valence-corrected chi connectivity index (χ1v) is 7.49. The van der Waals surface area contributed by atoms with Crippen LogP contribution in [0.1, 0.15) is 20.9 Å².